The lowest BCUT2D eigenvalue weighted by Gasteiger charge is -2.32. The predicted octanol–water partition coefficient (Wildman–Crippen LogP) is 5.55. The molecule has 1 aliphatic heterocycles. The van der Waals surface area contributed by atoms with Gasteiger partial charge >= 0.3 is 6.18 Å². The van der Waals surface area contributed by atoms with Gasteiger partial charge < -0.3 is 9.80 Å². The third kappa shape index (κ3) is 5.65. The number of nitriles is 1. The molecule has 7 heteroatoms. The summed E-state index contributed by atoms with van der Waals surface area (Å²) in [6.45, 7) is 3.90. The molecule has 1 aliphatic rings. The van der Waals surface area contributed by atoms with E-state index >= 15 is 0 Å². The fourth-order valence-corrected chi connectivity index (χ4v) is 3.95. The van der Waals surface area contributed by atoms with Gasteiger partial charge in [-0.3, -0.25) is 0 Å². The Morgan fingerprint density at radius 2 is 2.00 bits per heavy atom. The molecular formula is C22H23ClF3N3. The van der Waals surface area contributed by atoms with E-state index in [9.17, 15) is 13.2 Å². The molecule has 3 rings (SSSR count). The molecule has 0 N–H and O–H groups in total. The largest absolute Gasteiger partial charge is 0.390 e. The molecule has 154 valence electrons. The van der Waals surface area contributed by atoms with Crippen molar-refractivity contribution in [3.63, 3.8) is 0 Å². The number of hydrogen-bond donors (Lipinski definition) is 0. The van der Waals surface area contributed by atoms with Crippen molar-refractivity contribution in [1.82, 2.24) is 4.90 Å². The Bertz CT molecular complexity index is 892. The van der Waals surface area contributed by atoms with Gasteiger partial charge in [-0.05, 0) is 42.7 Å². The summed E-state index contributed by atoms with van der Waals surface area (Å²) in [6, 6.07) is 15.5. The van der Waals surface area contributed by atoms with Gasteiger partial charge in [-0.15, -0.1) is 0 Å². The number of anilines is 1. The van der Waals surface area contributed by atoms with Crippen molar-refractivity contribution < 1.29 is 13.2 Å². The second-order valence-electron chi connectivity index (χ2n) is 7.44. The summed E-state index contributed by atoms with van der Waals surface area (Å²) >= 11 is 6.26. The summed E-state index contributed by atoms with van der Waals surface area (Å²) in [6.07, 6.45) is -4.15. The molecule has 1 unspecified atom stereocenters. The van der Waals surface area contributed by atoms with Crippen LogP contribution >= 0.6 is 11.6 Å². The topological polar surface area (TPSA) is 30.3 Å². The third-order valence-corrected chi connectivity index (χ3v) is 5.72. The first-order valence-corrected chi connectivity index (χ1v) is 9.94. The summed E-state index contributed by atoms with van der Waals surface area (Å²) in [5.41, 5.74) is 3.59. The smallest absolute Gasteiger partial charge is 0.363 e. The predicted molar refractivity (Wildman–Crippen MR) is 109 cm³/mol. The Morgan fingerprint density at radius 3 is 2.66 bits per heavy atom. The van der Waals surface area contributed by atoms with Crippen LogP contribution in [0, 0.1) is 18.3 Å². The van der Waals surface area contributed by atoms with Crippen molar-refractivity contribution in [2.24, 2.45) is 0 Å². The summed E-state index contributed by atoms with van der Waals surface area (Å²) < 4.78 is 37.8. The zero-order chi connectivity index (χ0) is 21.0. The van der Waals surface area contributed by atoms with E-state index in [2.05, 4.69) is 17.0 Å². The Balaban J connectivity index is 1.83. The molecule has 0 bridgehead atoms. The molecular weight excluding hydrogens is 399 g/mol. The molecule has 0 amide bonds. The second kappa shape index (κ2) is 9.06. The molecule has 1 atom stereocenters. The second-order valence-corrected chi connectivity index (χ2v) is 7.85. The average molecular weight is 422 g/mol. The van der Waals surface area contributed by atoms with Crippen LogP contribution in [0.3, 0.4) is 0 Å². The number of alkyl halides is 3. The summed E-state index contributed by atoms with van der Waals surface area (Å²) in [7, 11) is 0. The minimum absolute atomic E-state index is 0.0202. The molecule has 2 aromatic carbocycles. The highest BCUT2D eigenvalue weighted by Crippen LogP contribution is 2.30. The van der Waals surface area contributed by atoms with Crippen LogP contribution in [0.25, 0.3) is 0 Å². The number of nitrogens with zero attached hydrogens (tertiary/aromatic N) is 3. The molecule has 0 aliphatic carbocycles. The highest BCUT2D eigenvalue weighted by molar-refractivity contribution is 6.32. The summed E-state index contributed by atoms with van der Waals surface area (Å²) in [4.78, 5) is 4.07. The summed E-state index contributed by atoms with van der Waals surface area (Å²) in [5, 5.41) is 9.53. The number of likely N-dealkylation sites (tertiary alicyclic amines) is 1. The fraction of sp³-hybridized carbons (Fsp3) is 0.409. The molecule has 0 spiro atoms. The molecule has 0 aromatic heterocycles. The lowest BCUT2D eigenvalue weighted by atomic mass is 10.1. The molecule has 1 heterocycles. The first-order valence-electron chi connectivity index (χ1n) is 9.57. The zero-order valence-corrected chi connectivity index (χ0v) is 17.0. The van der Waals surface area contributed by atoms with Crippen LogP contribution in [0.15, 0.2) is 42.5 Å². The van der Waals surface area contributed by atoms with E-state index in [1.54, 1.807) is 12.1 Å². The van der Waals surface area contributed by atoms with E-state index in [1.165, 1.54) is 0 Å². The van der Waals surface area contributed by atoms with E-state index < -0.39 is 12.6 Å². The van der Waals surface area contributed by atoms with Crippen LogP contribution in [0.1, 0.15) is 29.5 Å². The maximum Gasteiger partial charge on any atom is 0.390 e. The Hall–Kier alpha value is -2.23. The van der Waals surface area contributed by atoms with Crippen LogP contribution < -0.4 is 4.90 Å². The van der Waals surface area contributed by atoms with Gasteiger partial charge in [0.1, 0.15) is 6.07 Å². The van der Waals surface area contributed by atoms with E-state index in [0.717, 1.165) is 23.2 Å². The molecule has 2 aromatic rings. The molecule has 29 heavy (non-hydrogen) atoms. The van der Waals surface area contributed by atoms with Crippen molar-refractivity contribution in [2.45, 2.75) is 38.5 Å². The highest BCUT2D eigenvalue weighted by atomic mass is 35.5. The number of rotatable bonds is 6. The Kier molecular flexibility index (Phi) is 6.71. The van der Waals surface area contributed by atoms with Gasteiger partial charge in [0.15, 0.2) is 0 Å². The number of halogens is 4. The Labute approximate surface area is 174 Å². The zero-order valence-electron chi connectivity index (χ0n) is 16.2. The quantitative estimate of drug-likeness (QED) is 0.612. The number of hydrogen-bond acceptors (Lipinski definition) is 3. The first-order chi connectivity index (χ1) is 13.8. The van der Waals surface area contributed by atoms with Gasteiger partial charge in [0.2, 0.25) is 0 Å². The number of aryl methyl sites for hydroxylation is 1. The monoisotopic (exact) mass is 421 g/mol. The standard InChI is InChI=1S/C22H23ClF3N3/c1-16-4-2-3-5-18(16)14-29(19-7-6-17(13-27)21(23)12-19)20-8-10-28(15-20)11-9-22(24,25)26/h2-7,12,20H,8-11,14-15H2,1H3. The van der Waals surface area contributed by atoms with E-state index in [4.69, 9.17) is 16.9 Å². The van der Waals surface area contributed by atoms with Gasteiger partial charge in [-0.2, -0.15) is 18.4 Å². The fourth-order valence-electron chi connectivity index (χ4n) is 3.73. The van der Waals surface area contributed by atoms with Crippen molar-refractivity contribution in [1.29, 1.82) is 5.26 Å². The van der Waals surface area contributed by atoms with E-state index in [0.29, 0.717) is 30.2 Å². The molecule has 1 saturated heterocycles. The number of benzene rings is 2. The minimum Gasteiger partial charge on any atom is -0.363 e. The minimum atomic E-state index is -4.14. The van der Waals surface area contributed by atoms with Crippen LogP contribution in [0.5, 0.6) is 0 Å². The van der Waals surface area contributed by atoms with Gasteiger partial charge in [-0.1, -0.05) is 35.9 Å². The lowest BCUT2D eigenvalue weighted by Crippen LogP contribution is -2.38. The van der Waals surface area contributed by atoms with Crippen molar-refractivity contribution in [3.8, 4) is 6.07 Å². The normalized spacial score (nSPS) is 17.3. The van der Waals surface area contributed by atoms with E-state index in [1.807, 2.05) is 36.1 Å². The average Bonchev–Trinajstić information content (AvgIpc) is 3.14. The summed E-state index contributed by atoms with van der Waals surface area (Å²) in [5.74, 6) is 0. The van der Waals surface area contributed by atoms with E-state index in [-0.39, 0.29) is 12.6 Å². The van der Waals surface area contributed by atoms with Gasteiger partial charge in [-0.25, -0.2) is 0 Å². The van der Waals surface area contributed by atoms with Crippen LogP contribution in [-0.4, -0.2) is 36.8 Å². The van der Waals surface area contributed by atoms with Crippen LogP contribution in [-0.2, 0) is 6.54 Å². The molecule has 3 nitrogen and oxygen atoms in total. The Morgan fingerprint density at radius 1 is 1.24 bits per heavy atom. The highest BCUT2D eigenvalue weighted by Gasteiger charge is 2.32. The van der Waals surface area contributed by atoms with Gasteiger partial charge in [0.25, 0.3) is 0 Å². The maximum absolute atomic E-state index is 12.6. The maximum atomic E-state index is 12.6. The molecule has 1 fully saturated rings. The van der Waals surface area contributed by atoms with Crippen molar-refractivity contribution in [2.75, 3.05) is 24.5 Å². The molecule has 0 radical (unpaired) electrons. The first kappa shape index (κ1) is 21.5. The molecule has 0 saturated carbocycles. The van der Waals surface area contributed by atoms with Crippen molar-refractivity contribution >= 4 is 17.3 Å². The van der Waals surface area contributed by atoms with Gasteiger partial charge in [0, 0.05) is 37.9 Å². The lowest BCUT2D eigenvalue weighted by molar-refractivity contribution is -0.137. The SMILES string of the molecule is Cc1ccccc1CN(c1ccc(C#N)c(Cl)c1)C1CCN(CCC(F)(F)F)C1. The van der Waals surface area contributed by atoms with Crippen LogP contribution in [0.2, 0.25) is 5.02 Å². The van der Waals surface area contributed by atoms with Gasteiger partial charge in [0.05, 0.1) is 17.0 Å². The van der Waals surface area contributed by atoms with Crippen molar-refractivity contribution in [3.05, 3.63) is 64.2 Å². The third-order valence-electron chi connectivity index (χ3n) is 5.41. The van der Waals surface area contributed by atoms with Crippen LogP contribution in [0.4, 0.5) is 18.9 Å².